The summed E-state index contributed by atoms with van der Waals surface area (Å²) < 4.78 is 82.3. The summed E-state index contributed by atoms with van der Waals surface area (Å²) in [7, 11) is 0. The van der Waals surface area contributed by atoms with Gasteiger partial charge in [0.25, 0.3) is 5.91 Å². The van der Waals surface area contributed by atoms with Gasteiger partial charge in [-0.1, -0.05) is 6.42 Å². The number of fused-ring (bicyclic) bond motifs is 1. The molecule has 7 atom stereocenters. The molecule has 0 bridgehead atoms. The summed E-state index contributed by atoms with van der Waals surface area (Å²) in [5.74, 6) is -8.02. The maximum Gasteiger partial charge on any atom is 0.389 e. The van der Waals surface area contributed by atoms with Crippen LogP contribution in [0.5, 0.6) is 0 Å². The van der Waals surface area contributed by atoms with E-state index in [1.165, 1.54) is 4.90 Å². The molecule has 1 saturated carbocycles. The SMILES string of the molecule is O=C(N[C@@H](C[C@@H]1CCNC1=O)C(O)C(=O)N1CCC1)C1[C@H]2CCCC2CN1C(=O)[C@@H](CCC(F)(F)F)Nc1c(F)cc(F)cc1F. The lowest BCUT2D eigenvalue weighted by Crippen LogP contribution is -2.59. The highest BCUT2D eigenvalue weighted by molar-refractivity contribution is 5.93. The molecule has 1 aliphatic carbocycles. The fourth-order valence-electron chi connectivity index (χ4n) is 7.10. The second-order valence-electron chi connectivity index (χ2n) is 12.6. The molecule has 3 heterocycles. The molecule has 1 aromatic carbocycles. The van der Waals surface area contributed by atoms with Gasteiger partial charge < -0.3 is 30.9 Å². The van der Waals surface area contributed by atoms with Crippen molar-refractivity contribution in [2.45, 2.75) is 81.8 Å². The Kier molecular flexibility index (Phi) is 10.0. The molecule has 0 radical (unpaired) electrons. The van der Waals surface area contributed by atoms with Crippen LogP contribution in [0.2, 0.25) is 0 Å². The van der Waals surface area contributed by atoms with Gasteiger partial charge in [-0.15, -0.1) is 0 Å². The molecule has 0 aromatic heterocycles. The molecule has 16 heteroatoms. The highest BCUT2D eigenvalue weighted by Gasteiger charge is 2.51. The largest absolute Gasteiger partial charge is 0.389 e. The van der Waals surface area contributed by atoms with E-state index in [-0.39, 0.29) is 24.8 Å². The lowest BCUT2D eigenvalue weighted by atomic mass is 9.91. The van der Waals surface area contributed by atoms with E-state index in [9.17, 15) is 50.6 Å². The Morgan fingerprint density at radius 1 is 1.02 bits per heavy atom. The summed E-state index contributed by atoms with van der Waals surface area (Å²) in [6.45, 7) is 1.23. The molecule has 3 unspecified atom stereocenters. The van der Waals surface area contributed by atoms with E-state index in [4.69, 9.17) is 0 Å². The van der Waals surface area contributed by atoms with Gasteiger partial charge in [-0.25, -0.2) is 13.2 Å². The normalized spacial score (nSPS) is 26.2. The Balaban J connectivity index is 1.40. The van der Waals surface area contributed by atoms with Gasteiger partial charge in [-0.05, 0) is 50.4 Å². The predicted octanol–water partition coefficient (Wildman–Crippen LogP) is 2.46. The van der Waals surface area contributed by atoms with Crippen LogP contribution in [0.15, 0.2) is 12.1 Å². The number of rotatable bonds is 11. The van der Waals surface area contributed by atoms with Crippen molar-refractivity contribution in [1.82, 2.24) is 20.4 Å². The fourth-order valence-corrected chi connectivity index (χ4v) is 7.10. The van der Waals surface area contributed by atoms with Gasteiger partial charge in [0.1, 0.15) is 23.6 Å². The minimum Gasteiger partial charge on any atom is -0.381 e. The van der Waals surface area contributed by atoms with E-state index < -0.39 is 95.9 Å². The van der Waals surface area contributed by atoms with Crippen LogP contribution in [0.4, 0.5) is 32.0 Å². The minimum absolute atomic E-state index is 0.00880. The van der Waals surface area contributed by atoms with Crippen LogP contribution >= 0.6 is 0 Å². The zero-order chi connectivity index (χ0) is 33.3. The highest BCUT2D eigenvalue weighted by Crippen LogP contribution is 2.43. The van der Waals surface area contributed by atoms with Crippen LogP contribution in [-0.2, 0) is 19.2 Å². The van der Waals surface area contributed by atoms with Gasteiger partial charge in [0.05, 0.1) is 6.04 Å². The summed E-state index contributed by atoms with van der Waals surface area (Å²) in [4.78, 5) is 55.7. The molecule has 4 N–H and O–H groups in total. The topological polar surface area (TPSA) is 131 Å². The Bertz CT molecular complexity index is 1320. The quantitative estimate of drug-likeness (QED) is 0.270. The van der Waals surface area contributed by atoms with Gasteiger partial charge in [-0.3, -0.25) is 19.2 Å². The van der Waals surface area contributed by atoms with E-state index >= 15 is 0 Å². The van der Waals surface area contributed by atoms with Crippen LogP contribution < -0.4 is 16.0 Å². The van der Waals surface area contributed by atoms with Crippen LogP contribution in [0, 0.1) is 35.2 Å². The molecule has 4 aliphatic rings. The summed E-state index contributed by atoms with van der Waals surface area (Å²) >= 11 is 0. The number of alkyl halides is 3. The Labute approximate surface area is 261 Å². The molecule has 3 aliphatic heterocycles. The van der Waals surface area contributed by atoms with Gasteiger partial charge in [0, 0.05) is 50.7 Å². The first kappa shape index (κ1) is 33.8. The number of nitrogens with zero attached hydrogens (tertiary/aromatic N) is 2. The molecule has 46 heavy (non-hydrogen) atoms. The zero-order valence-corrected chi connectivity index (χ0v) is 24.9. The van der Waals surface area contributed by atoms with Crippen molar-refractivity contribution >= 4 is 29.3 Å². The average Bonchev–Trinajstić information content (AvgIpc) is 3.65. The number of nitrogens with one attached hydrogen (secondary N) is 3. The number of carbonyl (C=O) groups is 4. The molecule has 10 nitrogen and oxygen atoms in total. The van der Waals surface area contributed by atoms with Gasteiger partial charge in [0.2, 0.25) is 17.7 Å². The number of benzene rings is 1. The average molecular weight is 662 g/mol. The Hall–Kier alpha value is -3.56. The predicted molar refractivity (Wildman–Crippen MR) is 150 cm³/mol. The first-order chi connectivity index (χ1) is 21.7. The van der Waals surface area contributed by atoms with Gasteiger partial charge in [-0.2, -0.15) is 13.2 Å². The molecule has 1 aromatic rings. The van der Waals surface area contributed by atoms with E-state index in [2.05, 4.69) is 16.0 Å². The summed E-state index contributed by atoms with van der Waals surface area (Å²) in [6, 6.07) is -3.60. The first-order valence-corrected chi connectivity index (χ1v) is 15.6. The Morgan fingerprint density at radius 2 is 1.72 bits per heavy atom. The lowest BCUT2D eigenvalue weighted by Gasteiger charge is -2.36. The Morgan fingerprint density at radius 3 is 2.30 bits per heavy atom. The van der Waals surface area contributed by atoms with Crippen LogP contribution in [0.1, 0.15) is 51.4 Å². The van der Waals surface area contributed by atoms with Crippen molar-refractivity contribution in [2.24, 2.45) is 17.8 Å². The van der Waals surface area contributed by atoms with E-state index in [0.717, 1.165) is 17.7 Å². The third-order valence-electron chi connectivity index (χ3n) is 9.61. The third-order valence-corrected chi connectivity index (χ3v) is 9.61. The lowest BCUT2D eigenvalue weighted by molar-refractivity contribution is -0.148. The molecular weight excluding hydrogens is 624 g/mol. The van der Waals surface area contributed by atoms with Gasteiger partial charge >= 0.3 is 6.18 Å². The van der Waals surface area contributed by atoms with Crippen molar-refractivity contribution in [3.63, 3.8) is 0 Å². The van der Waals surface area contributed by atoms with Crippen LogP contribution in [-0.4, -0.2) is 95.1 Å². The minimum atomic E-state index is -4.72. The monoisotopic (exact) mass is 661 g/mol. The maximum atomic E-state index is 14.5. The fraction of sp³-hybridized carbons (Fsp3) is 0.667. The van der Waals surface area contributed by atoms with Crippen molar-refractivity contribution in [3.8, 4) is 0 Å². The van der Waals surface area contributed by atoms with Crippen LogP contribution in [0.25, 0.3) is 0 Å². The second kappa shape index (κ2) is 13.7. The number of likely N-dealkylation sites (tertiary alicyclic amines) is 2. The van der Waals surface area contributed by atoms with E-state index in [1.54, 1.807) is 0 Å². The summed E-state index contributed by atoms with van der Waals surface area (Å²) in [5, 5.41) is 18.6. The number of hydrogen-bond acceptors (Lipinski definition) is 6. The molecule has 4 amide bonds. The number of hydrogen-bond donors (Lipinski definition) is 4. The standard InChI is InChI=1S/C30H37F6N5O5/c31-17-12-19(32)23(20(33)13-17)38-21(5-7-30(34,35)36)28(45)41-14-16-3-1-4-18(16)24(41)27(44)39-22(11-15-6-8-37-26(15)43)25(42)29(46)40-9-2-10-40/h12-13,15-16,18,21-22,24-25,38,42H,1-11,14H2,(H,37,43)(H,39,44)/t15-,16?,18-,21+,22-,24?,25?/m0/s1. The number of halogens is 6. The highest BCUT2D eigenvalue weighted by atomic mass is 19.4. The third kappa shape index (κ3) is 7.36. The summed E-state index contributed by atoms with van der Waals surface area (Å²) in [5.41, 5.74) is -0.982. The van der Waals surface area contributed by atoms with Gasteiger partial charge in [0.15, 0.2) is 17.7 Å². The summed E-state index contributed by atoms with van der Waals surface area (Å²) in [6.07, 6.45) is -5.87. The molecule has 5 rings (SSSR count). The number of aliphatic hydroxyl groups excluding tert-OH is 1. The van der Waals surface area contributed by atoms with Crippen LogP contribution in [0.3, 0.4) is 0 Å². The molecule has 3 saturated heterocycles. The van der Waals surface area contributed by atoms with Crippen molar-refractivity contribution in [2.75, 3.05) is 31.5 Å². The molecule has 4 fully saturated rings. The molecule has 0 spiro atoms. The molecular formula is C30H37F6N5O5. The van der Waals surface area contributed by atoms with Crippen molar-refractivity contribution in [3.05, 3.63) is 29.6 Å². The smallest absolute Gasteiger partial charge is 0.381 e. The number of carbonyl (C=O) groups excluding carboxylic acids is 4. The number of amides is 4. The molecule has 254 valence electrons. The van der Waals surface area contributed by atoms with E-state index in [1.807, 2.05) is 0 Å². The maximum absolute atomic E-state index is 14.5. The van der Waals surface area contributed by atoms with E-state index in [0.29, 0.717) is 51.0 Å². The zero-order valence-electron chi connectivity index (χ0n) is 24.9. The number of aliphatic hydroxyl groups is 1. The van der Waals surface area contributed by atoms with Crippen molar-refractivity contribution in [1.29, 1.82) is 0 Å². The van der Waals surface area contributed by atoms with Crippen molar-refractivity contribution < 1.29 is 50.6 Å². The first-order valence-electron chi connectivity index (χ1n) is 15.6. The second-order valence-corrected chi connectivity index (χ2v) is 12.6. The number of anilines is 1.